The van der Waals surface area contributed by atoms with E-state index >= 15 is 0 Å². The van der Waals surface area contributed by atoms with E-state index in [1.807, 2.05) is 56.3 Å². The van der Waals surface area contributed by atoms with Crippen LogP contribution in [0.25, 0.3) is 11.5 Å². The van der Waals surface area contributed by atoms with Gasteiger partial charge in [0.1, 0.15) is 5.15 Å². The lowest BCUT2D eigenvalue weighted by molar-refractivity contribution is 0.0672. The number of carbonyl (C=O) groups is 1. The van der Waals surface area contributed by atoms with Gasteiger partial charge in [-0.05, 0) is 38.5 Å². The van der Waals surface area contributed by atoms with Crippen LogP contribution in [0.2, 0.25) is 10.2 Å². The van der Waals surface area contributed by atoms with Crippen molar-refractivity contribution in [2.24, 2.45) is 0 Å². The Labute approximate surface area is 201 Å². The molecular formula is C24H23Cl2N5O2. The third-order valence-corrected chi connectivity index (χ3v) is 5.93. The standard InChI is InChI=1S/C24H23Cl2N5O2/c1-15(2)30(14-20-27-28-23(33-20)18-11-7-8-12-19(18)25)24(32)21-16(3)29-31(22(21)26)13-17-9-5-4-6-10-17/h4-12,15H,13-14H2,1-3H3. The molecule has 0 spiro atoms. The minimum absolute atomic E-state index is 0.133. The number of halogens is 2. The normalized spacial score (nSPS) is 11.2. The van der Waals surface area contributed by atoms with Gasteiger partial charge >= 0.3 is 0 Å². The van der Waals surface area contributed by atoms with Crippen molar-refractivity contribution in [3.05, 3.63) is 87.5 Å². The van der Waals surface area contributed by atoms with Crippen molar-refractivity contribution in [3.8, 4) is 11.5 Å². The zero-order valence-electron chi connectivity index (χ0n) is 18.5. The van der Waals surface area contributed by atoms with Crippen molar-refractivity contribution < 1.29 is 9.21 Å². The van der Waals surface area contributed by atoms with E-state index in [-0.39, 0.29) is 18.5 Å². The predicted octanol–water partition coefficient (Wildman–Crippen LogP) is 5.65. The summed E-state index contributed by atoms with van der Waals surface area (Å²) >= 11 is 12.8. The second kappa shape index (κ2) is 9.77. The second-order valence-corrected chi connectivity index (χ2v) is 8.67. The molecule has 0 bridgehead atoms. The van der Waals surface area contributed by atoms with Crippen molar-refractivity contribution in [3.63, 3.8) is 0 Å². The van der Waals surface area contributed by atoms with Gasteiger partial charge in [0.15, 0.2) is 0 Å². The molecule has 0 unspecified atom stereocenters. The van der Waals surface area contributed by atoms with E-state index in [4.69, 9.17) is 27.6 Å². The first kappa shape index (κ1) is 23.0. The van der Waals surface area contributed by atoms with Crippen molar-refractivity contribution in [2.45, 2.75) is 39.9 Å². The Hall–Kier alpha value is -3.16. The molecule has 2 heterocycles. The number of amides is 1. The first-order chi connectivity index (χ1) is 15.8. The van der Waals surface area contributed by atoms with Crippen LogP contribution in [0.3, 0.4) is 0 Å². The highest BCUT2D eigenvalue weighted by Gasteiger charge is 2.28. The zero-order valence-corrected chi connectivity index (χ0v) is 20.0. The van der Waals surface area contributed by atoms with Crippen LogP contribution in [-0.2, 0) is 13.1 Å². The van der Waals surface area contributed by atoms with Gasteiger partial charge in [0.2, 0.25) is 11.8 Å². The quantitative estimate of drug-likeness (QED) is 0.339. The Bertz CT molecular complexity index is 1270. The summed E-state index contributed by atoms with van der Waals surface area (Å²) in [7, 11) is 0. The summed E-state index contributed by atoms with van der Waals surface area (Å²) in [6, 6.07) is 16.9. The van der Waals surface area contributed by atoms with E-state index in [2.05, 4.69) is 15.3 Å². The summed E-state index contributed by atoms with van der Waals surface area (Å²) in [6.45, 7) is 6.22. The Balaban J connectivity index is 1.58. The first-order valence-corrected chi connectivity index (χ1v) is 11.3. The SMILES string of the molecule is Cc1nn(Cc2ccccc2)c(Cl)c1C(=O)N(Cc1nnc(-c2ccccc2Cl)o1)C(C)C. The van der Waals surface area contributed by atoms with E-state index in [9.17, 15) is 4.79 Å². The molecule has 2 aromatic carbocycles. The topological polar surface area (TPSA) is 77.1 Å². The summed E-state index contributed by atoms with van der Waals surface area (Å²) in [6.07, 6.45) is 0. The molecule has 7 nitrogen and oxygen atoms in total. The van der Waals surface area contributed by atoms with Gasteiger partial charge < -0.3 is 9.32 Å². The molecule has 9 heteroatoms. The van der Waals surface area contributed by atoms with Gasteiger partial charge in [-0.15, -0.1) is 10.2 Å². The Morgan fingerprint density at radius 2 is 1.76 bits per heavy atom. The summed E-state index contributed by atoms with van der Waals surface area (Å²) in [5, 5.41) is 13.5. The third kappa shape index (κ3) is 4.94. The molecule has 4 rings (SSSR count). The van der Waals surface area contributed by atoms with Crippen LogP contribution >= 0.6 is 23.2 Å². The Morgan fingerprint density at radius 1 is 1.06 bits per heavy atom. The molecule has 0 fully saturated rings. The van der Waals surface area contributed by atoms with E-state index in [1.165, 1.54) is 0 Å². The summed E-state index contributed by atoms with van der Waals surface area (Å²) in [5.74, 6) is 0.360. The fourth-order valence-corrected chi connectivity index (χ4v) is 4.03. The van der Waals surface area contributed by atoms with Crippen LogP contribution in [0.1, 0.15) is 41.4 Å². The number of nitrogens with zero attached hydrogens (tertiary/aromatic N) is 5. The molecule has 0 radical (unpaired) electrons. The highest BCUT2D eigenvalue weighted by molar-refractivity contribution is 6.33. The van der Waals surface area contributed by atoms with E-state index < -0.39 is 0 Å². The summed E-state index contributed by atoms with van der Waals surface area (Å²) < 4.78 is 7.45. The molecule has 1 amide bonds. The smallest absolute Gasteiger partial charge is 0.259 e. The maximum absolute atomic E-state index is 13.5. The van der Waals surface area contributed by atoms with Crippen LogP contribution in [0.15, 0.2) is 59.0 Å². The molecule has 0 aliphatic carbocycles. The lowest BCUT2D eigenvalue weighted by Gasteiger charge is -2.25. The number of carbonyl (C=O) groups excluding carboxylic acids is 1. The molecule has 0 saturated carbocycles. The first-order valence-electron chi connectivity index (χ1n) is 10.5. The maximum Gasteiger partial charge on any atom is 0.259 e. The second-order valence-electron chi connectivity index (χ2n) is 7.90. The highest BCUT2D eigenvalue weighted by Crippen LogP contribution is 2.28. The molecule has 0 aliphatic rings. The van der Waals surface area contributed by atoms with Gasteiger partial charge in [-0.1, -0.05) is 65.7 Å². The maximum atomic E-state index is 13.5. The fraction of sp³-hybridized carbons (Fsp3) is 0.250. The van der Waals surface area contributed by atoms with Crippen LogP contribution in [0.5, 0.6) is 0 Å². The van der Waals surface area contributed by atoms with Gasteiger partial charge in [0.25, 0.3) is 5.91 Å². The van der Waals surface area contributed by atoms with Crippen LogP contribution in [0.4, 0.5) is 0 Å². The highest BCUT2D eigenvalue weighted by atomic mass is 35.5. The molecule has 170 valence electrons. The number of hydrogen-bond donors (Lipinski definition) is 0. The van der Waals surface area contributed by atoms with E-state index in [0.717, 1.165) is 5.56 Å². The molecule has 0 atom stereocenters. The minimum atomic E-state index is -0.246. The number of rotatable bonds is 7. The monoisotopic (exact) mass is 483 g/mol. The number of aromatic nitrogens is 4. The average Bonchev–Trinajstić information content (AvgIpc) is 3.36. The van der Waals surface area contributed by atoms with Crippen LogP contribution in [-0.4, -0.2) is 36.8 Å². The fourth-order valence-electron chi connectivity index (χ4n) is 3.50. The molecule has 33 heavy (non-hydrogen) atoms. The Kier molecular flexibility index (Phi) is 6.81. The van der Waals surface area contributed by atoms with Crippen LogP contribution in [0, 0.1) is 6.92 Å². The molecule has 0 aliphatic heterocycles. The largest absolute Gasteiger partial charge is 0.419 e. The zero-order chi connectivity index (χ0) is 23.5. The molecular weight excluding hydrogens is 461 g/mol. The van der Waals surface area contributed by atoms with Gasteiger partial charge in [0.05, 0.1) is 34.9 Å². The van der Waals surface area contributed by atoms with Crippen molar-refractivity contribution in [1.29, 1.82) is 0 Å². The van der Waals surface area contributed by atoms with Crippen LogP contribution < -0.4 is 0 Å². The van der Waals surface area contributed by atoms with Gasteiger partial charge in [-0.2, -0.15) is 5.10 Å². The van der Waals surface area contributed by atoms with Crippen molar-refractivity contribution in [2.75, 3.05) is 0 Å². The summed E-state index contributed by atoms with van der Waals surface area (Å²) in [4.78, 5) is 15.1. The van der Waals surface area contributed by atoms with Gasteiger partial charge in [0, 0.05) is 6.04 Å². The molecule has 0 saturated heterocycles. The minimum Gasteiger partial charge on any atom is -0.419 e. The van der Waals surface area contributed by atoms with E-state index in [0.29, 0.717) is 45.3 Å². The van der Waals surface area contributed by atoms with Crippen molar-refractivity contribution in [1.82, 2.24) is 24.9 Å². The number of aryl methyl sites for hydroxylation is 1. The molecule has 2 aromatic heterocycles. The van der Waals surface area contributed by atoms with Gasteiger partial charge in [-0.3, -0.25) is 4.79 Å². The average molecular weight is 484 g/mol. The Morgan fingerprint density at radius 3 is 2.45 bits per heavy atom. The van der Waals surface area contributed by atoms with E-state index in [1.54, 1.807) is 28.6 Å². The summed E-state index contributed by atoms with van der Waals surface area (Å²) in [5.41, 5.74) is 2.61. The lowest BCUT2D eigenvalue weighted by Crippen LogP contribution is -2.36. The number of benzene rings is 2. The molecule has 4 aromatic rings. The lowest BCUT2D eigenvalue weighted by atomic mass is 10.2. The third-order valence-electron chi connectivity index (χ3n) is 5.22. The van der Waals surface area contributed by atoms with Gasteiger partial charge in [-0.25, -0.2) is 4.68 Å². The number of hydrogen-bond acceptors (Lipinski definition) is 5. The predicted molar refractivity (Wildman–Crippen MR) is 127 cm³/mol. The van der Waals surface area contributed by atoms with Crippen molar-refractivity contribution >= 4 is 29.1 Å². The molecule has 0 N–H and O–H groups in total.